The maximum absolute atomic E-state index is 13.1. The smallest absolute Gasteiger partial charge is 0.416 e. The third-order valence-corrected chi connectivity index (χ3v) is 5.54. The molecule has 34 heavy (non-hydrogen) atoms. The molecular weight excluding hydrogens is 473 g/mol. The summed E-state index contributed by atoms with van der Waals surface area (Å²) in [7, 11) is 3.23. The van der Waals surface area contributed by atoms with Gasteiger partial charge in [-0.05, 0) is 35.9 Å². The Bertz CT molecular complexity index is 1460. The molecule has 1 N–H and O–H groups in total. The van der Waals surface area contributed by atoms with Crippen LogP contribution in [0.25, 0.3) is 22.2 Å². The van der Waals surface area contributed by atoms with Gasteiger partial charge in [-0.3, -0.25) is 14.2 Å². The Kier molecular flexibility index (Phi) is 6.09. The summed E-state index contributed by atoms with van der Waals surface area (Å²) in [6.07, 6.45) is -1.62. The lowest BCUT2D eigenvalue weighted by molar-refractivity contribution is -0.137. The second kappa shape index (κ2) is 8.86. The SMILES string of the molecule is COc1cccc(-c2cn(C)c3c(=O)n(CC(=O)Nc4cc(C(F)(F)F)ccc4Cl)cnc23)c1. The predicted molar refractivity (Wildman–Crippen MR) is 122 cm³/mol. The Balaban J connectivity index is 1.64. The maximum atomic E-state index is 13.1. The highest BCUT2D eigenvalue weighted by Crippen LogP contribution is 2.34. The lowest BCUT2D eigenvalue weighted by Crippen LogP contribution is -2.28. The summed E-state index contributed by atoms with van der Waals surface area (Å²) in [4.78, 5) is 30.0. The molecule has 0 atom stereocenters. The fraction of sp³-hybridized carbons (Fsp3) is 0.174. The molecule has 0 spiro atoms. The summed E-state index contributed by atoms with van der Waals surface area (Å²) >= 11 is 5.93. The summed E-state index contributed by atoms with van der Waals surface area (Å²) < 4.78 is 46.9. The lowest BCUT2D eigenvalue weighted by atomic mass is 10.1. The molecule has 0 radical (unpaired) electrons. The van der Waals surface area contributed by atoms with Crippen LogP contribution < -0.4 is 15.6 Å². The topological polar surface area (TPSA) is 78.1 Å². The molecule has 2 aromatic heterocycles. The number of alkyl halides is 3. The van der Waals surface area contributed by atoms with Gasteiger partial charge in [-0.1, -0.05) is 23.7 Å². The standard InChI is InChI=1S/C23H18ClF3N4O3/c1-30-10-16(13-4-3-5-15(8-13)34-2)20-21(30)22(33)31(12-28-20)11-19(32)29-18-9-14(23(25,26)27)6-7-17(18)24/h3-10,12H,11H2,1-2H3,(H,29,32). The second-order valence-corrected chi connectivity index (χ2v) is 7.91. The van der Waals surface area contributed by atoms with Crippen molar-refractivity contribution in [1.82, 2.24) is 14.1 Å². The number of amides is 1. The number of benzene rings is 2. The van der Waals surface area contributed by atoms with Crippen molar-refractivity contribution in [1.29, 1.82) is 0 Å². The lowest BCUT2D eigenvalue weighted by Gasteiger charge is -2.12. The van der Waals surface area contributed by atoms with Gasteiger partial charge in [0.15, 0.2) is 0 Å². The van der Waals surface area contributed by atoms with Gasteiger partial charge in [-0.15, -0.1) is 0 Å². The number of rotatable bonds is 5. The van der Waals surface area contributed by atoms with Crippen molar-refractivity contribution in [2.75, 3.05) is 12.4 Å². The van der Waals surface area contributed by atoms with Gasteiger partial charge in [-0.25, -0.2) is 4.98 Å². The van der Waals surface area contributed by atoms with Crippen LogP contribution in [0.3, 0.4) is 0 Å². The first-order chi connectivity index (χ1) is 16.1. The minimum atomic E-state index is -4.59. The summed E-state index contributed by atoms with van der Waals surface area (Å²) in [5.41, 5.74) is 0.576. The molecule has 11 heteroatoms. The molecule has 4 aromatic rings. The maximum Gasteiger partial charge on any atom is 0.416 e. The molecule has 0 bridgehead atoms. The van der Waals surface area contributed by atoms with E-state index in [2.05, 4.69) is 10.3 Å². The molecule has 0 saturated carbocycles. The summed E-state index contributed by atoms with van der Waals surface area (Å²) in [5, 5.41) is 2.26. The zero-order valence-corrected chi connectivity index (χ0v) is 18.7. The molecule has 0 unspecified atom stereocenters. The van der Waals surface area contributed by atoms with E-state index in [1.54, 1.807) is 31.0 Å². The molecule has 1 amide bonds. The van der Waals surface area contributed by atoms with E-state index in [1.165, 1.54) is 6.33 Å². The van der Waals surface area contributed by atoms with E-state index in [0.717, 1.165) is 28.3 Å². The Hall–Kier alpha value is -3.79. The minimum absolute atomic E-state index is 0.0624. The Morgan fingerprint density at radius 3 is 2.68 bits per heavy atom. The van der Waals surface area contributed by atoms with Gasteiger partial charge in [0.2, 0.25) is 5.91 Å². The van der Waals surface area contributed by atoms with Crippen LogP contribution in [0.5, 0.6) is 5.75 Å². The van der Waals surface area contributed by atoms with E-state index in [1.807, 2.05) is 18.2 Å². The molecule has 0 fully saturated rings. The zero-order valence-electron chi connectivity index (χ0n) is 18.0. The van der Waals surface area contributed by atoms with Gasteiger partial charge >= 0.3 is 6.18 Å². The minimum Gasteiger partial charge on any atom is -0.497 e. The van der Waals surface area contributed by atoms with Crippen molar-refractivity contribution < 1.29 is 22.7 Å². The van der Waals surface area contributed by atoms with Crippen LogP contribution in [0.4, 0.5) is 18.9 Å². The Labute approximate surface area is 196 Å². The van der Waals surface area contributed by atoms with Crippen LogP contribution in [-0.2, 0) is 24.6 Å². The summed E-state index contributed by atoms with van der Waals surface area (Å²) in [6, 6.07) is 9.88. The number of fused-ring (bicyclic) bond motifs is 1. The number of hydrogen-bond donors (Lipinski definition) is 1. The number of hydrogen-bond acceptors (Lipinski definition) is 4. The predicted octanol–water partition coefficient (Wildman–Crippen LogP) is 4.72. The quantitative estimate of drug-likeness (QED) is 0.439. The van der Waals surface area contributed by atoms with Crippen LogP contribution in [0, 0.1) is 0 Å². The third-order valence-electron chi connectivity index (χ3n) is 5.21. The van der Waals surface area contributed by atoms with E-state index in [9.17, 15) is 22.8 Å². The first kappa shape index (κ1) is 23.4. The van der Waals surface area contributed by atoms with Crippen molar-refractivity contribution in [2.45, 2.75) is 12.7 Å². The number of nitrogens with one attached hydrogen (secondary N) is 1. The highest BCUT2D eigenvalue weighted by molar-refractivity contribution is 6.33. The van der Waals surface area contributed by atoms with Crippen LogP contribution in [0.2, 0.25) is 5.02 Å². The van der Waals surface area contributed by atoms with Gasteiger partial charge in [0, 0.05) is 18.8 Å². The van der Waals surface area contributed by atoms with Crippen LogP contribution in [0.1, 0.15) is 5.56 Å². The molecule has 7 nitrogen and oxygen atoms in total. The first-order valence-corrected chi connectivity index (χ1v) is 10.3. The molecule has 176 valence electrons. The monoisotopic (exact) mass is 490 g/mol. The number of anilines is 1. The third kappa shape index (κ3) is 4.49. The van der Waals surface area contributed by atoms with Crippen LogP contribution in [0.15, 0.2) is 59.8 Å². The van der Waals surface area contributed by atoms with Gasteiger partial charge in [0.25, 0.3) is 5.56 Å². The van der Waals surface area contributed by atoms with E-state index in [0.29, 0.717) is 16.8 Å². The average molecular weight is 491 g/mol. The fourth-order valence-electron chi connectivity index (χ4n) is 3.57. The highest BCUT2D eigenvalue weighted by Gasteiger charge is 2.31. The molecule has 0 aliphatic heterocycles. The van der Waals surface area contributed by atoms with Gasteiger partial charge in [0.1, 0.15) is 23.3 Å². The number of nitrogens with zero attached hydrogens (tertiary/aromatic N) is 3. The molecule has 2 aromatic carbocycles. The van der Waals surface area contributed by atoms with E-state index in [-0.39, 0.29) is 16.2 Å². The number of halogens is 4. The fourth-order valence-corrected chi connectivity index (χ4v) is 3.73. The molecular formula is C23H18ClF3N4O3. The van der Waals surface area contributed by atoms with Crippen molar-refractivity contribution in [3.63, 3.8) is 0 Å². The van der Waals surface area contributed by atoms with Crippen molar-refractivity contribution >= 4 is 34.2 Å². The van der Waals surface area contributed by atoms with Gasteiger partial charge < -0.3 is 14.6 Å². The zero-order chi connectivity index (χ0) is 24.6. The number of carbonyl (C=O) groups is 1. The summed E-state index contributed by atoms with van der Waals surface area (Å²) in [5.74, 6) is -0.0838. The Morgan fingerprint density at radius 1 is 1.21 bits per heavy atom. The van der Waals surface area contributed by atoms with E-state index < -0.39 is 29.8 Å². The normalized spacial score (nSPS) is 11.6. The molecule has 0 saturated heterocycles. The number of aromatic nitrogens is 3. The molecule has 2 heterocycles. The largest absolute Gasteiger partial charge is 0.497 e. The summed E-state index contributed by atoms with van der Waals surface area (Å²) in [6.45, 7) is -0.464. The van der Waals surface area contributed by atoms with Crippen LogP contribution >= 0.6 is 11.6 Å². The van der Waals surface area contributed by atoms with Crippen LogP contribution in [-0.4, -0.2) is 27.1 Å². The highest BCUT2D eigenvalue weighted by atomic mass is 35.5. The van der Waals surface area contributed by atoms with E-state index >= 15 is 0 Å². The van der Waals surface area contributed by atoms with E-state index in [4.69, 9.17) is 16.3 Å². The molecule has 0 aliphatic rings. The first-order valence-electron chi connectivity index (χ1n) is 9.94. The number of aryl methyl sites for hydroxylation is 1. The number of methoxy groups -OCH3 is 1. The van der Waals surface area contributed by atoms with Crippen molar-refractivity contribution in [2.24, 2.45) is 7.05 Å². The second-order valence-electron chi connectivity index (χ2n) is 7.50. The van der Waals surface area contributed by atoms with Crippen molar-refractivity contribution in [3.05, 3.63) is 75.9 Å². The van der Waals surface area contributed by atoms with Crippen molar-refractivity contribution in [3.8, 4) is 16.9 Å². The number of carbonyl (C=O) groups excluding carboxylic acids is 1. The van der Waals surface area contributed by atoms with Gasteiger partial charge in [0.05, 0.1) is 29.7 Å². The molecule has 0 aliphatic carbocycles. The molecule has 4 rings (SSSR count). The average Bonchev–Trinajstić information content (AvgIpc) is 3.13. The number of ether oxygens (including phenoxy) is 1. The Morgan fingerprint density at radius 2 is 1.97 bits per heavy atom. The van der Waals surface area contributed by atoms with Gasteiger partial charge in [-0.2, -0.15) is 13.2 Å².